The molecule has 0 unspecified atom stereocenters. The standard InChI is InChI=1S/C19H17N3O4/c1-12-2-9-17(20-10-12)22-21-11-13-3-5-14(6-4-13)19(25)26-18-15(23)7-8-16(18)24/h2-6,9-11,18H,7-8H2,1H3,(H,20,22)/b21-11+. The van der Waals surface area contributed by atoms with Crippen LogP contribution in [0.4, 0.5) is 5.82 Å². The molecule has 132 valence electrons. The Bertz CT molecular complexity index is 841. The molecule has 1 fully saturated rings. The van der Waals surface area contributed by atoms with Crippen molar-refractivity contribution in [3.05, 3.63) is 59.3 Å². The molecule has 1 aliphatic carbocycles. The number of pyridine rings is 1. The van der Waals surface area contributed by atoms with E-state index in [0.717, 1.165) is 11.1 Å². The van der Waals surface area contributed by atoms with E-state index >= 15 is 0 Å². The summed E-state index contributed by atoms with van der Waals surface area (Å²) < 4.78 is 5.02. The van der Waals surface area contributed by atoms with E-state index in [0.29, 0.717) is 5.82 Å². The number of nitrogens with zero attached hydrogens (tertiary/aromatic N) is 2. The normalized spacial score (nSPS) is 14.8. The lowest BCUT2D eigenvalue weighted by Gasteiger charge is -2.09. The third-order valence-electron chi connectivity index (χ3n) is 3.88. The van der Waals surface area contributed by atoms with Gasteiger partial charge >= 0.3 is 5.97 Å². The number of ketones is 2. The number of aromatic nitrogens is 1. The van der Waals surface area contributed by atoms with Gasteiger partial charge in [0.05, 0.1) is 11.8 Å². The van der Waals surface area contributed by atoms with E-state index in [1.807, 2.05) is 19.1 Å². The minimum Gasteiger partial charge on any atom is -0.443 e. The number of carbonyl (C=O) groups excluding carboxylic acids is 3. The number of anilines is 1. The Hall–Kier alpha value is -3.35. The van der Waals surface area contributed by atoms with Gasteiger partial charge in [0.15, 0.2) is 11.6 Å². The maximum atomic E-state index is 12.0. The largest absolute Gasteiger partial charge is 0.443 e. The summed E-state index contributed by atoms with van der Waals surface area (Å²) in [5.74, 6) is -0.757. The molecule has 0 bridgehead atoms. The van der Waals surface area contributed by atoms with E-state index in [-0.39, 0.29) is 30.0 Å². The highest BCUT2D eigenvalue weighted by molar-refractivity contribution is 6.13. The Balaban J connectivity index is 1.58. The number of ether oxygens (including phenoxy) is 1. The van der Waals surface area contributed by atoms with Crippen molar-refractivity contribution in [2.24, 2.45) is 5.10 Å². The molecule has 1 aromatic carbocycles. The molecule has 0 spiro atoms. The molecular formula is C19H17N3O4. The number of benzene rings is 1. The Labute approximate surface area is 150 Å². The molecule has 0 aliphatic heterocycles. The number of hydrazone groups is 1. The van der Waals surface area contributed by atoms with Crippen LogP contribution in [0.3, 0.4) is 0 Å². The first-order valence-electron chi connectivity index (χ1n) is 8.11. The molecule has 1 heterocycles. The summed E-state index contributed by atoms with van der Waals surface area (Å²) in [5.41, 5.74) is 4.89. The van der Waals surface area contributed by atoms with E-state index in [2.05, 4.69) is 15.5 Å². The zero-order chi connectivity index (χ0) is 18.5. The van der Waals surface area contributed by atoms with Crippen LogP contribution in [0.1, 0.15) is 34.3 Å². The quantitative estimate of drug-likeness (QED) is 0.384. The highest BCUT2D eigenvalue weighted by Crippen LogP contribution is 2.16. The lowest BCUT2D eigenvalue weighted by atomic mass is 10.1. The average molecular weight is 351 g/mol. The van der Waals surface area contributed by atoms with Crippen LogP contribution >= 0.6 is 0 Å². The van der Waals surface area contributed by atoms with Crippen LogP contribution < -0.4 is 5.43 Å². The van der Waals surface area contributed by atoms with Gasteiger partial charge in [0.1, 0.15) is 5.82 Å². The summed E-state index contributed by atoms with van der Waals surface area (Å²) >= 11 is 0. The molecule has 0 saturated heterocycles. The Morgan fingerprint density at radius 1 is 1.15 bits per heavy atom. The molecule has 2 aromatic rings. The summed E-state index contributed by atoms with van der Waals surface area (Å²) in [6.45, 7) is 1.95. The molecule has 7 heteroatoms. The number of nitrogens with one attached hydrogen (secondary N) is 1. The zero-order valence-electron chi connectivity index (χ0n) is 14.1. The fourth-order valence-corrected chi connectivity index (χ4v) is 2.41. The molecule has 0 radical (unpaired) electrons. The van der Waals surface area contributed by atoms with E-state index in [9.17, 15) is 14.4 Å². The highest BCUT2D eigenvalue weighted by atomic mass is 16.6. The van der Waals surface area contributed by atoms with Crippen molar-refractivity contribution in [3.8, 4) is 0 Å². The first-order chi connectivity index (χ1) is 12.5. The zero-order valence-corrected chi connectivity index (χ0v) is 14.1. The van der Waals surface area contributed by atoms with Gasteiger partial charge in [-0.05, 0) is 36.2 Å². The predicted molar refractivity (Wildman–Crippen MR) is 95.1 cm³/mol. The van der Waals surface area contributed by atoms with Crippen molar-refractivity contribution < 1.29 is 19.1 Å². The lowest BCUT2D eigenvalue weighted by Crippen LogP contribution is -2.28. The van der Waals surface area contributed by atoms with Gasteiger partial charge in [0.2, 0.25) is 6.10 Å². The molecule has 0 atom stereocenters. The van der Waals surface area contributed by atoms with Crippen LogP contribution in [0.5, 0.6) is 0 Å². The van der Waals surface area contributed by atoms with Gasteiger partial charge in [0.25, 0.3) is 0 Å². The first kappa shape index (κ1) is 17.5. The molecule has 1 N–H and O–H groups in total. The van der Waals surface area contributed by atoms with E-state index in [4.69, 9.17) is 4.74 Å². The topological polar surface area (TPSA) is 97.7 Å². The van der Waals surface area contributed by atoms with Crippen LogP contribution in [0.15, 0.2) is 47.7 Å². The number of aryl methyl sites for hydroxylation is 1. The second kappa shape index (κ2) is 7.69. The molecule has 1 saturated carbocycles. The van der Waals surface area contributed by atoms with Crippen LogP contribution in [0.2, 0.25) is 0 Å². The minimum atomic E-state index is -1.25. The maximum absolute atomic E-state index is 12.0. The van der Waals surface area contributed by atoms with Crippen LogP contribution in [-0.2, 0) is 14.3 Å². The SMILES string of the molecule is Cc1ccc(N/N=C/c2ccc(C(=O)OC3C(=O)CCC3=O)cc2)nc1. The smallest absolute Gasteiger partial charge is 0.339 e. The lowest BCUT2D eigenvalue weighted by molar-refractivity contribution is -0.133. The van der Waals surface area contributed by atoms with Crippen molar-refractivity contribution in [1.82, 2.24) is 4.98 Å². The number of hydrogen-bond donors (Lipinski definition) is 1. The van der Waals surface area contributed by atoms with Crippen LogP contribution in [0, 0.1) is 6.92 Å². The van der Waals surface area contributed by atoms with Gasteiger partial charge < -0.3 is 4.74 Å². The summed E-state index contributed by atoms with van der Waals surface area (Å²) in [5, 5.41) is 4.08. The molecule has 26 heavy (non-hydrogen) atoms. The number of esters is 1. The van der Waals surface area contributed by atoms with E-state index in [1.165, 1.54) is 0 Å². The number of rotatable bonds is 5. The average Bonchev–Trinajstić information content (AvgIpc) is 2.96. The van der Waals surface area contributed by atoms with Gasteiger partial charge in [-0.2, -0.15) is 5.10 Å². The number of Topliss-reactive ketones (excluding diaryl/α,β-unsaturated/α-hetero) is 2. The number of hydrogen-bond acceptors (Lipinski definition) is 7. The van der Waals surface area contributed by atoms with Crippen molar-refractivity contribution in [2.75, 3.05) is 5.43 Å². The Morgan fingerprint density at radius 3 is 2.46 bits per heavy atom. The second-order valence-corrected chi connectivity index (χ2v) is 5.93. The van der Waals surface area contributed by atoms with E-state index < -0.39 is 12.1 Å². The third-order valence-corrected chi connectivity index (χ3v) is 3.88. The summed E-state index contributed by atoms with van der Waals surface area (Å²) in [6, 6.07) is 10.2. The molecule has 0 amide bonds. The fraction of sp³-hybridized carbons (Fsp3) is 0.211. The van der Waals surface area contributed by atoms with Gasteiger partial charge in [0, 0.05) is 19.0 Å². The second-order valence-electron chi connectivity index (χ2n) is 5.93. The van der Waals surface area contributed by atoms with Gasteiger partial charge in [-0.15, -0.1) is 0 Å². The molecule has 7 nitrogen and oxygen atoms in total. The van der Waals surface area contributed by atoms with Gasteiger partial charge in [-0.1, -0.05) is 18.2 Å². The minimum absolute atomic E-state index is 0.134. The molecule has 1 aromatic heterocycles. The summed E-state index contributed by atoms with van der Waals surface area (Å²) in [7, 11) is 0. The Morgan fingerprint density at radius 2 is 1.85 bits per heavy atom. The fourth-order valence-electron chi connectivity index (χ4n) is 2.41. The van der Waals surface area contributed by atoms with Crippen molar-refractivity contribution in [2.45, 2.75) is 25.9 Å². The molecule has 1 aliphatic rings. The molecular weight excluding hydrogens is 334 g/mol. The summed E-state index contributed by atoms with van der Waals surface area (Å²) in [6.07, 6.45) is 2.33. The van der Waals surface area contributed by atoms with Crippen molar-refractivity contribution in [3.63, 3.8) is 0 Å². The van der Waals surface area contributed by atoms with Crippen molar-refractivity contribution >= 4 is 29.6 Å². The summed E-state index contributed by atoms with van der Waals surface area (Å²) in [4.78, 5) is 39.3. The maximum Gasteiger partial charge on any atom is 0.339 e. The Kier molecular flexibility index (Phi) is 5.17. The van der Waals surface area contributed by atoms with Crippen molar-refractivity contribution in [1.29, 1.82) is 0 Å². The molecule has 3 rings (SSSR count). The van der Waals surface area contributed by atoms with Gasteiger partial charge in [-0.3, -0.25) is 15.0 Å². The van der Waals surface area contributed by atoms with Gasteiger partial charge in [-0.25, -0.2) is 9.78 Å². The number of carbonyl (C=O) groups is 3. The highest BCUT2D eigenvalue weighted by Gasteiger charge is 2.36. The third kappa shape index (κ3) is 4.18. The predicted octanol–water partition coefficient (Wildman–Crippen LogP) is 2.29. The van der Waals surface area contributed by atoms with Crippen LogP contribution in [0.25, 0.3) is 0 Å². The monoisotopic (exact) mass is 351 g/mol. The van der Waals surface area contributed by atoms with Crippen LogP contribution in [-0.4, -0.2) is 34.8 Å². The van der Waals surface area contributed by atoms with E-state index in [1.54, 1.807) is 36.7 Å². The first-order valence-corrected chi connectivity index (χ1v) is 8.11.